The summed E-state index contributed by atoms with van der Waals surface area (Å²) >= 11 is 0. The zero-order chi connectivity index (χ0) is 28.1. The fourth-order valence-electron chi connectivity index (χ4n) is 7.48. The molecule has 7 rings (SSSR count). The van der Waals surface area contributed by atoms with E-state index >= 15 is 0 Å². The number of carbonyl (C=O) groups excluding carboxylic acids is 1. The Bertz CT molecular complexity index is 1450. The Hall–Kier alpha value is -2.67. The number of hydrogen-bond acceptors (Lipinski definition) is 6. The van der Waals surface area contributed by atoms with Gasteiger partial charge in [0, 0.05) is 37.0 Å². The Labute approximate surface area is 230 Å². The Kier molecular flexibility index (Phi) is 5.53. The van der Waals surface area contributed by atoms with Crippen LogP contribution in [0.15, 0.2) is 35.5 Å². The molecular weight excluding hydrogens is 547 g/mol. The van der Waals surface area contributed by atoms with E-state index in [-0.39, 0.29) is 28.8 Å². The lowest BCUT2D eigenvalue weighted by molar-refractivity contribution is -0.0849. The van der Waals surface area contributed by atoms with Crippen molar-refractivity contribution >= 4 is 15.9 Å². The predicted octanol–water partition coefficient (Wildman–Crippen LogP) is 3.65. The second kappa shape index (κ2) is 8.43. The van der Waals surface area contributed by atoms with E-state index in [1.165, 1.54) is 6.07 Å². The molecule has 2 aliphatic heterocycles. The number of benzene rings is 1. The molecule has 2 spiro atoms. The summed E-state index contributed by atoms with van der Waals surface area (Å²) in [6.07, 6.45) is 8.33. The van der Waals surface area contributed by atoms with Gasteiger partial charge in [-0.15, -0.1) is 0 Å². The second-order valence-corrected chi connectivity index (χ2v) is 15.0. The van der Waals surface area contributed by atoms with Crippen LogP contribution in [-0.4, -0.2) is 75.8 Å². The number of likely N-dealkylation sites (tertiary alicyclic amines) is 2. The molecule has 0 bridgehead atoms. The van der Waals surface area contributed by atoms with Crippen LogP contribution in [0.4, 0.5) is 18.0 Å². The lowest BCUT2D eigenvalue weighted by atomic mass is 9.60. The lowest BCUT2D eigenvalue weighted by Crippen LogP contribution is -2.69. The minimum Gasteiger partial charge on any atom is -0.382 e. The molecule has 1 aromatic heterocycles. The van der Waals surface area contributed by atoms with Gasteiger partial charge in [0.1, 0.15) is 11.9 Å². The van der Waals surface area contributed by atoms with Crippen molar-refractivity contribution in [2.75, 3.05) is 26.2 Å². The van der Waals surface area contributed by atoms with Crippen molar-refractivity contribution in [2.24, 2.45) is 16.7 Å². The molecule has 216 valence electrons. The minimum absolute atomic E-state index is 0.0521. The van der Waals surface area contributed by atoms with E-state index in [4.69, 9.17) is 0 Å². The summed E-state index contributed by atoms with van der Waals surface area (Å²) in [4.78, 5) is 20.5. The third-order valence-corrected chi connectivity index (χ3v) is 11.3. The van der Waals surface area contributed by atoms with Gasteiger partial charge in [-0.25, -0.2) is 22.9 Å². The number of aromatic nitrogens is 3. The first-order chi connectivity index (χ1) is 18.8. The maximum Gasteiger partial charge on any atom is 0.501 e. The van der Waals surface area contributed by atoms with Gasteiger partial charge in [0.2, 0.25) is 0 Å². The molecule has 1 atom stereocenters. The summed E-state index contributed by atoms with van der Waals surface area (Å²) in [7, 11) is -5.36. The monoisotopic (exact) mass is 579 g/mol. The quantitative estimate of drug-likeness (QED) is 0.580. The molecule has 2 amide bonds. The average molecular weight is 580 g/mol. The first-order valence-corrected chi connectivity index (χ1v) is 15.4. The lowest BCUT2D eigenvalue weighted by Gasteiger charge is -2.60. The van der Waals surface area contributed by atoms with E-state index in [1.54, 1.807) is 12.4 Å². The Morgan fingerprint density at radius 2 is 1.70 bits per heavy atom. The molecular formula is C27H32F3N5O4S. The third-order valence-electron chi connectivity index (χ3n) is 9.85. The molecule has 3 aliphatic carbocycles. The molecule has 0 radical (unpaired) electrons. The average Bonchev–Trinajstić information content (AvgIpc) is 3.21. The van der Waals surface area contributed by atoms with Gasteiger partial charge < -0.3 is 14.9 Å². The molecule has 2 aromatic rings. The van der Waals surface area contributed by atoms with Crippen LogP contribution in [0.2, 0.25) is 0 Å². The number of hydrogen-bond donors (Lipinski definition) is 1. The van der Waals surface area contributed by atoms with Crippen molar-refractivity contribution in [3.63, 3.8) is 0 Å². The van der Waals surface area contributed by atoms with Gasteiger partial charge in [-0.05, 0) is 75.0 Å². The highest BCUT2D eigenvalue weighted by atomic mass is 32.2. The minimum atomic E-state index is -5.36. The Balaban J connectivity index is 0.878. The van der Waals surface area contributed by atoms with E-state index in [9.17, 15) is 31.5 Å². The maximum atomic E-state index is 13.1. The normalized spacial score (nSPS) is 26.4. The highest BCUT2D eigenvalue weighted by Crippen LogP contribution is 2.55. The first kappa shape index (κ1) is 26.2. The summed E-state index contributed by atoms with van der Waals surface area (Å²) in [6.45, 7) is 2.89. The highest BCUT2D eigenvalue weighted by molar-refractivity contribution is 7.92. The van der Waals surface area contributed by atoms with Crippen molar-refractivity contribution < 1.29 is 31.5 Å². The van der Waals surface area contributed by atoms with Gasteiger partial charge in [0.05, 0.1) is 10.9 Å². The highest BCUT2D eigenvalue weighted by Gasteiger charge is 2.58. The molecule has 9 nitrogen and oxygen atoms in total. The van der Waals surface area contributed by atoms with E-state index < -0.39 is 25.8 Å². The summed E-state index contributed by atoms with van der Waals surface area (Å²) < 4.78 is 64.3. The smallest absolute Gasteiger partial charge is 0.382 e. The molecule has 1 N–H and O–H groups in total. The molecule has 40 heavy (non-hydrogen) atoms. The molecule has 1 aromatic carbocycles. The van der Waals surface area contributed by atoms with Crippen LogP contribution in [0.1, 0.15) is 62.4 Å². The van der Waals surface area contributed by atoms with Crippen LogP contribution >= 0.6 is 0 Å². The topological polar surface area (TPSA) is 109 Å². The van der Waals surface area contributed by atoms with Crippen molar-refractivity contribution in [1.82, 2.24) is 24.6 Å². The van der Waals surface area contributed by atoms with Gasteiger partial charge in [-0.3, -0.25) is 0 Å². The summed E-state index contributed by atoms with van der Waals surface area (Å²) in [5.41, 5.74) is -5.35. The number of carbonyl (C=O) groups is 1. The Morgan fingerprint density at radius 3 is 2.35 bits per heavy atom. The van der Waals surface area contributed by atoms with Crippen LogP contribution in [0.5, 0.6) is 0 Å². The Morgan fingerprint density at radius 1 is 1.02 bits per heavy atom. The van der Waals surface area contributed by atoms with E-state index in [0.717, 1.165) is 57.3 Å². The van der Waals surface area contributed by atoms with Gasteiger partial charge >= 0.3 is 11.5 Å². The number of amides is 2. The molecule has 2 saturated heterocycles. The molecule has 0 unspecified atom stereocenters. The number of halogens is 3. The molecule has 3 heterocycles. The zero-order valence-corrected chi connectivity index (χ0v) is 22.8. The van der Waals surface area contributed by atoms with E-state index in [1.807, 2.05) is 14.5 Å². The van der Waals surface area contributed by atoms with E-state index in [0.29, 0.717) is 43.7 Å². The third kappa shape index (κ3) is 4.22. The predicted molar refractivity (Wildman–Crippen MR) is 136 cm³/mol. The van der Waals surface area contributed by atoms with Crippen LogP contribution in [-0.2, 0) is 21.9 Å². The van der Waals surface area contributed by atoms with Gasteiger partial charge in [0.15, 0.2) is 5.82 Å². The number of sulfone groups is 1. The van der Waals surface area contributed by atoms with Crippen LogP contribution in [0, 0.1) is 16.7 Å². The van der Waals surface area contributed by atoms with Gasteiger partial charge in [-0.2, -0.15) is 18.3 Å². The fourth-order valence-corrected chi connectivity index (χ4v) is 8.31. The number of nitrogens with zero attached hydrogens (tertiary/aromatic N) is 5. The van der Waals surface area contributed by atoms with E-state index in [2.05, 4.69) is 10.1 Å². The number of aliphatic hydroxyl groups is 1. The van der Waals surface area contributed by atoms with Crippen LogP contribution in [0.25, 0.3) is 0 Å². The molecule has 5 fully saturated rings. The standard InChI is InChI=1S/C27H32F3N5O4S/c28-27(29,30)40(38,39)21-3-1-2-18(9-21)8-19-4-5-24(10-19)13-33(14-24)23(36)34-15-25(16-34)11-20(12-25)35-17-31-22(32-35)26(37)6-7-26/h1-3,9,17,19-20,37H,4-8,10-16H2/t19-/m1/s1. The molecule has 13 heteroatoms. The zero-order valence-electron chi connectivity index (χ0n) is 22.0. The molecule has 5 aliphatic rings. The largest absolute Gasteiger partial charge is 0.501 e. The van der Waals surface area contributed by atoms with Crippen LogP contribution in [0.3, 0.4) is 0 Å². The van der Waals surface area contributed by atoms with Crippen molar-refractivity contribution in [3.05, 3.63) is 42.0 Å². The summed E-state index contributed by atoms with van der Waals surface area (Å²) in [6, 6.07) is 5.53. The molecule has 3 saturated carbocycles. The summed E-state index contributed by atoms with van der Waals surface area (Å²) in [5.74, 6) is 0.765. The van der Waals surface area contributed by atoms with Crippen LogP contribution < -0.4 is 0 Å². The van der Waals surface area contributed by atoms with Crippen molar-refractivity contribution in [1.29, 1.82) is 0 Å². The SMILES string of the molecule is O=C(N1CC2(CC(n3cnc(C4(O)CC4)n3)C2)C1)N1CC2(CC[C@H](Cc3cccc(S(=O)(=O)C(F)(F)F)c3)C2)C1. The maximum absolute atomic E-state index is 13.1. The summed E-state index contributed by atoms with van der Waals surface area (Å²) in [5, 5.41) is 14.7. The number of alkyl halides is 3. The van der Waals surface area contributed by atoms with Gasteiger partial charge in [-0.1, -0.05) is 12.1 Å². The fraction of sp³-hybridized carbons (Fsp3) is 0.667. The number of rotatable bonds is 5. The van der Waals surface area contributed by atoms with Gasteiger partial charge in [0.25, 0.3) is 9.84 Å². The van der Waals surface area contributed by atoms with Crippen molar-refractivity contribution in [2.45, 2.75) is 73.4 Å². The van der Waals surface area contributed by atoms with Crippen molar-refractivity contribution in [3.8, 4) is 0 Å². The second-order valence-electron chi connectivity index (χ2n) is 13.0. The first-order valence-electron chi connectivity index (χ1n) is 13.9. The number of urea groups is 1.